The molecule has 2 aromatic carbocycles. The molecule has 10 heteroatoms. The zero-order valence-electron chi connectivity index (χ0n) is 22.4. The first-order chi connectivity index (χ1) is 18.6. The van der Waals surface area contributed by atoms with Crippen molar-refractivity contribution in [1.82, 2.24) is 14.8 Å². The number of benzene rings is 2. The number of carboxylic acids is 1. The Balaban J connectivity index is 1.82. The fourth-order valence-electron chi connectivity index (χ4n) is 5.47. The molecular formula is C29H35F4N3O3. The number of aliphatic carboxylic acids is 1. The van der Waals surface area contributed by atoms with Crippen molar-refractivity contribution >= 4 is 16.9 Å². The summed E-state index contributed by atoms with van der Waals surface area (Å²) in [5.41, 5.74) is 1.53. The molecule has 2 N–H and O–H groups in total. The van der Waals surface area contributed by atoms with Gasteiger partial charge >= 0.3 is 5.97 Å². The van der Waals surface area contributed by atoms with Crippen LogP contribution < -0.4 is 4.74 Å². The lowest BCUT2D eigenvalue weighted by Crippen LogP contribution is -2.46. The van der Waals surface area contributed by atoms with Crippen LogP contribution in [-0.2, 0) is 11.2 Å². The van der Waals surface area contributed by atoms with E-state index in [9.17, 15) is 23.1 Å². The van der Waals surface area contributed by atoms with Crippen LogP contribution in [0.2, 0.25) is 0 Å². The molecule has 0 spiro atoms. The standard InChI is InChI=1S/C29H35F4N3O3/c1-17(29(37)38)16-36-18(2)15-20-19-7-4-5-8-22(19)34-26(20)27(36)24-21(31)9-10-23(25(24)28(32)33)39-14-13-35(3)12-6-11-30/h4-5,7-10,17-18,27-28,34H,6,11-16H2,1-3H3,(H,37,38). The molecular weight excluding hydrogens is 514 g/mol. The van der Waals surface area contributed by atoms with Crippen LogP contribution in [0.1, 0.15) is 55.1 Å². The summed E-state index contributed by atoms with van der Waals surface area (Å²) in [5, 5.41) is 10.6. The summed E-state index contributed by atoms with van der Waals surface area (Å²) in [7, 11) is 1.78. The van der Waals surface area contributed by atoms with Gasteiger partial charge in [-0.25, -0.2) is 13.2 Å². The van der Waals surface area contributed by atoms with Gasteiger partial charge in [0.1, 0.15) is 18.2 Å². The van der Waals surface area contributed by atoms with Crippen molar-refractivity contribution in [2.45, 2.75) is 45.2 Å². The lowest BCUT2D eigenvalue weighted by molar-refractivity contribution is -0.142. The highest BCUT2D eigenvalue weighted by molar-refractivity contribution is 5.85. The molecule has 3 aromatic rings. The Morgan fingerprint density at radius 1 is 1.23 bits per heavy atom. The predicted molar refractivity (Wildman–Crippen MR) is 142 cm³/mol. The van der Waals surface area contributed by atoms with E-state index in [-0.39, 0.29) is 30.5 Å². The van der Waals surface area contributed by atoms with E-state index in [2.05, 4.69) is 4.98 Å². The van der Waals surface area contributed by atoms with Crippen LogP contribution in [0.4, 0.5) is 17.6 Å². The van der Waals surface area contributed by atoms with E-state index in [0.29, 0.717) is 31.6 Å². The Morgan fingerprint density at radius 2 is 1.97 bits per heavy atom. The monoisotopic (exact) mass is 549 g/mol. The van der Waals surface area contributed by atoms with E-state index < -0.39 is 42.4 Å². The smallest absolute Gasteiger partial charge is 0.307 e. The van der Waals surface area contributed by atoms with Gasteiger partial charge in [-0.2, -0.15) is 0 Å². The Hall–Kier alpha value is -3.11. The minimum absolute atomic E-state index is 0.0442. The molecule has 212 valence electrons. The van der Waals surface area contributed by atoms with Gasteiger partial charge in [-0.05, 0) is 50.6 Å². The molecule has 0 radical (unpaired) electrons. The van der Waals surface area contributed by atoms with E-state index in [0.717, 1.165) is 22.5 Å². The van der Waals surface area contributed by atoms with Crippen LogP contribution >= 0.6 is 0 Å². The summed E-state index contributed by atoms with van der Waals surface area (Å²) in [6.07, 6.45) is -2.13. The molecule has 0 fully saturated rings. The molecule has 0 amide bonds. The molecule has 1 aliphatic rings. The van der Waals surface area contributed by atoms with Gasteiger partial charge in [-0.3, -0.25) is 14.1 Å². The number of nitrogens with zero attached hydrogens (tertiary/aromatic N) is 2. The highest BCUT2D eigenvalue weighted by Crippen LogP contribution is 2.46. The van der Waals surface area contributed by atoms with Crippen LogP contribution in [0.15, 0.2) is 36.4 Å². The summed E-state index contributed by atoms with van der Waals surface area (Å²) in [5.74, 6) is -2.76. The van der Waals surface area contributed by atoms with E-state index in [4.69, 9.17) is 4.74 Å². The zero-order chi connectivity index (χ0) is 28.3. The maximum Gasteiger partial charge on any atom is 0.307 e. The Kier molecular flexibility index (Phi) is 9.17. The first-order valence-electron chi connectivity index (χ1n) is 13.2. The van der Waals surface area contributed by atoms with Gasteiger partial charge in [0.05, 0.1) is 24.2 Å². The first kappa shape index (κ1) is 28.9. The van der Waals surface area contributed by atoms with Gasteiger partial charge < -0.3 is 19.7 Å². The number of hydrogen-bond acceptors (Lipinski definition) is 4. The number of alkyl halides is 3. The Bertz CT molecular complexity index is 1300. The minimum Gasteiger partial charge on any atom is -0.492 e. The van der Waals surface area contributed by atoms with Crippen molar-refractivity contribution in [3.63, 3.8) is 0 Å². The number of aromatic amines is 1. The van der Waals surface area contributed by atoms with Crippen molar-refractivity contribution < 1.29 is 32.2 Å². The van der Waals surface area contributed by atoms with Crippen LogP contribution in [0, 0.1) is 11.7 Å². The number of ether oxygens (including phenoxy) is 1. The molecule has 2 heterocycles. The van der Waals surface area contributed by atoms with Crippen molar-refractivity contribution in [2.24, 2.45) is 5.92 Å². The van der Waals surface area contributed by atoms with Crippen LogP contribution in [0.3, 0.4) is 0 Å². The number of nitrogens with one attached hydrogen (secondary N) is 1. The van der Waals surface area contributed by atoms with Crippen molar-refractivity contribution in [1.29, 1.82) is 0 Å². The molecule has 3 unspecified atom stereocenters. The molecule has 0 saturated heterocycles. The molecule has 6 nitrogen and oxygen atoms in total. The maximum atomic E-state index is 15.7. The highest BCUT2D eigenvalue weighted by atomic mass is 19.3. The predicted octanol–water partition coefficient (Wildman–Crippen LogP) is 5.97. The van der Waals surface area contributed by atoms with Crippen molar-refractivity contribution in [2.75, 3.05) is 40.0 Å². The summed E-state index contributed by atoms with van der Waals surface area (Å²) in [4.78, 5) is 18.7. The highest BCUT2D eigenvalue weighted by Gasteiger charge is 2.41. The SMILES string of the molecule is CC(CN1C(C)Cc2c([nH]c3ccccc23)C1c1c(F)ccc(OCCN(C)CCCF)c1C(F)F)C(=O)O. The summed E-state index contributed by atoms with van der Waals surface area (Å²) in [6.45, 7) is 3.99. The number of carboxylic acid groups (broad SMARTS) is 1. The summed E-state index contributed by atoms with van der Waals surface area (Å²) in [6, 6.07) is 8.68. The largest absolute Gasteiger partial charge is 0.492 e. The van der Waals surface area contributed by atoms with Crippen LogP contribution in [-0.4, -0.2) is 71.9 Å². The Morgan fingerprint density at radius 3 is 2.67 bits per heavy atom. The number of para-hydroxylation sites is 1. The topological polar surface area (TPSA) is 68.8 Å². The van der Waals surface area contributed by atoms with E-state index >= 15 is 4.39 Å². The van der Waals surface area contributed by atoms with Gasteiger partial charge in [0, 0.05) is 47.8 Å². The summed E-state index contributed by atoms with van der Waals surface area (Å²) >= 11 is 0. The fourth-order valence-corrected chi connectivity index (χ4v) is 5.47. The van der Waals surface area contributed by atoms with Crippen molar-refractivity contribution in [3.05, 3.63) is 64.6 Å². The zero-order valence-corrected chi connectivity index (χ0v) is 22.4. The number of carbonyl (C=O) groups is 1. The van der Waals surface area contributed by atoms with E-state index in [1.165, 1.54) is 6.07 Å². The maximum absolute atomic E-state index is 15.7. The van der Waals surface area contributed by atoms with Gasteiger partial charge in [0.15, 0.2) is 0 Å². The number of hydrogen-bond donors (Lipinski definition) is 2. The summed E-state index contributed by atoms with van der Waals surface area (Å²) < 4.78 is 63.5. The molecule has 0 saturated carbocycles. The number of H-pyrrole nitrogens is 1. The molecule has 4 rings (SSSR count). The number of aromatic nitrogens is 1. The number of halogens is 4. The third kappa shape index (κ3) is 6.06. The van der Waals surface area contributed by atoms with Gasteiger partial charge in [0.25, 0.3) is 6.43 Å². The second kappa shape index (κ2) is 12.4. The quantitative estimate of drug-likeness (QED) is 0.273. The lowest BCUT2D eigenvalue weighted by Gasteiger charge is -2.42. The number of rotatable bonds is 12. The second-order valence-electron chi connectivity index (χ2n) is 10.3. The molecule has 1 aromatic heterocycles. The van der Waals surface area contributed by atoms with E-state index in [1.807, 2.05) is 36.1 Å². The minimum atomic E-state index is -3.04. The average molecular weight is 550 g/mol. The van der Waals surface area contributed by atoms with Gasteiger partial charge in [-0.1, -0.05) is 25.1 Å². The lowest BCUT2D eigenvalue weighted by atomic mass is 9.85. The number of likely N-dealkylation sites (N-methyl/N-ethyl adjacent to an activating group) is 1. The van der Waals surface area contributed by atoms with E-state index in [1.54, 1.807) is 18.9 Å². The second-order valence-corrected chi connectivity index (χ2v) is 10.3. The van der Waals surface area contributed by atoms with Gasteiger partial charge in [0.2, 0.25) is 0 Å². The third-order valence-corrected chi connectivity index (χ3v) is 7.51. The van der Waals surface area contributed by atoms with Crippen LogP contribution in [0.5, 0.6) is 5.75 Å². The van der Waals surface area contributed by atoms with Crippen molar-refractivity contribution in [3.8, 4) is 5.75 Å². The average Bonchev–Trinajstić information content (AvgIpc) is 3.26. The fraction of sp³-hybridized carbons (Fsp3) is 0.483. The molecule has 1 aliphatic heterocycles. The van der Waals surface area contributed by atoms with Gasteiger partial charge in [-0.15, -0.1) is 0 Å². The number of fused-ring (bicyclic) bond motifs is 3. The normalized spacial score (nSPS) is 18.6. The molecule has 39 heavy (non-hydrogen) atoms. The van der Waals surface area contributed by atoms with Crippen LogP contribution in [0.25, 0.3) is 10.9 Å². The molecule has 0 aliphatic carbocycles. The first-order valence-corrected chi connectivity index (χ1v) is 13.2. The Labute approximate surface area is 225 Å². The third-order valence-electron chi connectivity index (χ3n) is 7.51. The molecule has 3 atom stereocenters. The molecule has 0 bridgehead atoms.